The second-order valence-corrected chi connectivity index (χ2v) is 7.78. The molecule has 6 nitrogen and oxygen atoms in total. The summed E-state index contributed by atoms with van der Waals surface area (Å²) in [6.45, 7) is 3.98. The normalized spacial score (nSPS) is 20.7. The first kappa shape index (κ1) is 17.4. The first-order valence-corrected chi connectivity index (χ1v) is 10.2. The molecule has 1 amide bonds. The molecule has 1 aromatic carbocycles. The number of rotatable bonds is 3. The fourth-order valence-corrected chi connectivity index (χ4v) is 4.58. The lowest BCUT2D eigenvalue weighted by atomic mass is 10.0. The van der Waals surface area contributed by atoms with Crippen molar-refractivity contribution in [3.05, 3.63) is 54.4 Å². The maximum atomic E-state index is 13.3. The van der Waals surface area contributed by atoms with Gasteiger partial charge in [0.1, 0.15) is 5.56 Å². The van der Waals surface area contributed by atoms with Crippen molar-refractivity contribution >= 4 is 11.6 Å². The van der Waals surface area contributed by atoms with Gasteiger partial charge in [-0.2, -0.15) is 5.10 Å². The van der Waals surface area contributed by atoms with Crippen molar-refractivity contribution in [2.24, 2.45) is 0 Å². The van der Waals surface area contributed by atoms with E-state index in [0.717, 1.165) is 30.8 Å². The molecule has 2 aromatic heterocycles. The Labute approximate surface area is 164 Å². The van der Waals surface area contributed by atoms with Gasteiger partial charge >= 0.3 is 0 Å². The zero-order chi connectivity index (χ0) is 18.9. The maximum Gasteiger partial charge on any atom is 0.259 e. The number of carbonyl (C=O) groups is 1. The van der Waals surface area contributed by atoms with Gasteiger partial charge in [0.25, 0.3) is 5.91 Å². The zero-order valence-corrected chi connectivity index (χ0v) is 16.0. The van der Waals surface area contributed by atoms with Crippen molar-refractivity contribution in [1.82, 2.24) is 24.4 Å². The maximum absolute atomic E-state index is 13.3. The Bertz CT molecular complexity index is 977. The second kappa shape index (κ2) is 7.36. The first-order valence-electron chi connectivity index (χ1n) is 10.2. The summed E-state index contributed by atoms with van der Waals surface area (Å²) in [7, 11) is 0. The molecule has 2 fully saturated rings. The van der Waals surface area contributed by atoms with E-state index in [-0.39, 0.29) is 5.91 Å². The highest BCUT2D eigenvalue weighted by molar-refractivity contribution is 6.00. The molecule has 6 heteroatoms. The van der Waals surface area contributed by atoms with Crippen LogP contribution < -0.4 is 0 Å². The molecule has 1 atom stereocenters. The van der Waals surface area contributed by atoms with Crippen molar-refractivity contribution < 1.29 is 4.79 Å². The molecule has 5 rings (SSSR count). The lowest BCUT2D eigenvalue weighted by Crippen LogP contribution is -2.49. The Balaban J connectivity index is 1.44. The zero-order valence-electron chi connectivity index (χ0n) is 16.0. The van der Waals surface area contributed by atoms with Gasteiger partial charge in [0.2, 0.25) is 0 Å². The van der Waals surface area contributed by atoms with E-state index in [0.29, 0.717) is 17.3 Å². The smallest absolute Gasteiger partial charge is 0.259 e. The van der Waals surface area contributed by atoms with E-state index in [4.69, 9.17) is 0 Å². The third kappa shape index (κ3) is 3.07. The summed E-state index contributed by atoms with van der Waals surface area (Å²) in [5.41, 5.74) is 3.23. The van der Waals surface area contributed by atoms with Crippen LogP contribution in [-0.2, 0) is 0 Å². The van der Waals surface area contributed by atoms with Crippen LogP contribution >= 0.6 is 0 Å². The molecular weight excluding hydrogens is 350 g/mol. The second-order valence-electron chi connectivity index (χ2n) is 7.78. The molecule has 3 aromatic rings. The Morgan fingerprint density at radius 3 is 2.64 bits per heavy atom. The van der Waals surface area contributed by atoms with Crippen LogP contribution in [0.25, 0.3) is 16.9 Å². The van der Waals surface area contributed by atoms with Crippen LogP contribution in [0.4, 0.5) is 0 Å². The molecule has 0 aliphatic carbocycles. The quantitative estimate of drug-likeness (QED) is 0.706. The minimum Gasteiger partial charge on any atom is -0.337 e. The molecule has 0 saturated carbocycles. The number of carbonyl (C=O) groups excluding carboxylic acids is 1. The van der Waals surface area contributed by atoms with Crippen molar-refractivity contribution in [2.45, 2.75) is 31.7 Å². The number of likely N-dealkylation sites (tertiary alicyclic amines) is 2. The van der Waals surface area contributed by atoms with Gasteiger partial charge in [0.05, 0.1) is 11.9 Å². The minimum absolute atomic E-state index is 0.0524. The molecule has 2 aliphatic heterocycles. The Hall–Kier alpha value is -2.73. The predicted molar refractivity (Wildman–Crippen MR) is 108 cm³/mol. The van der Waals surface area contributed by atoms with E-state index in [9.17, 15) is 4.79 Å². The summed E-state index contributed by atoms with van der Waals surface area (Å²) in [5.74, 6) is 0.0524. The summed E-state index contributed by atoms with van der Waals surface area (Å²) >= 11 is 0. The Kier molecular flexibility index (Phi) is 4.56. The molecule has 4 heterocycles. The first-order chi connectivity index (χ1) is 13.8. The summed E-state index contributed by atoms with van der Waals surface area (Å²) in [6, 6.07) is 12.5. The van der Waals surface area contributed by atoms with Crippen molar-refractivity contribution in [3.8, 4) is 11.3 Å². The van der Waals surface area contributed by atoms with E-state index in [2.05, 4.69) is 15.0 Å². The van der Waals surface area contributed by atoms with Crippen LogP contribution in [0.3, 0.4) is 0 Å². The molecule has 0 radical (unpaired) electrons. The van der Waals surface area contributed by atoms with Crippen LogP contribution in [-0.4, -0.2) is 62.5 Å². The van der Waals surface area contributed by atoms with Crippen LogP contribution in [0.15, 0.2) is 48.8 Å². The highest BCUT2D eigenvalue weighted by atomic mass is 16.2. The van der Waals surface area contributed by atoms with Crippen LogP contribution in [0.2, 0.25) is 0 Å². The molecule has 2 aliphatic rings. The monoisotopic (exact) mass is 375 g/mol. The summed E-state index contributed by atoms with van der Waals surface area (Å²) < 4.78 is 1.78. The largest absolute Gasteiger partial charge is 0.337 e. The fraction of sp³-hybridized carbons (Fsp3) is 0.409. The van der Waals surface area contributed by atoms with Gasteiger partial charge in [-0.25, -0.2) is 9.50 Å². The van der Waals surface area contributed by atoms with E-state index in [1.165, 1.54) is 32.4 Å². The number of hydrogen-bond donors (Lipinski definition) is 0. The van der Waals surface area contributed by atoms with E-state index in [1.807, 2.05) is 41.3 Å². The highest BCUT2D eigenvalue weighted by Crippen LogP contribution is 2.24. The Morgan fingerprint density at radius 2 is 1.82 bits per heavy atom. The number of nitrogens with zero attached hydrogens (tertiary/aromatic N) is 5. The number of amides is 1. The highest BCUT2D eigenvalue weighted by Gasteiger charge is 2.31. The summed E-state index contributed by atoms with van der Waals surface area (Å²) in [4.78, 5) is 22.3. The van der Waals surface area contributed by atoms with Crippen molar-refractivity contribution in [1.29, 1.82) is 0 Å². The van der Waals surface area contributed by atoms with Crippen LogP contribution in [0.5, 0.6) is 0 Å². The summed E-state index contributed by atoms with van der Waals surface area (Å²) in [6.07, 6.45) is 8.26. The molecule has 1 unspecified atom stereocenters. The molecular formula is C22H25N5O. The average Bonchev–Trinajstić information content (AvgIpc) is 3.44. The molecule has 2 saturated heterocycles. The number of piperidine rings is 1. The van der Waals surface area contributed by atoms with Gasteiger partial charge in [-0.05, 0) is 44.8 Å². The molecule has 144 valence electrons. The van der Waals surface area contributed by atoms with Crippen molar-refractivity contribution in [3.63, 3.8) is 0 Å². The van der Waals surface area contributed by atoms with Gasteiger partial charge in [-0.3, -0.25) is 9.69 Å². The molecule has 0 spiro atoms. The van der Waals surface area contributed by atoms with Gasteiger partial charge in [-0.15, -0.1) is 0 Å². The average molecular weight is 375 g/mol. The third-order valence-electron chi connectivity index (χ3n) is 6.04. The molecule has 0 N–H and O–H groups in total. The van der Waals surface area contributed by atoms with Crippen LogP contribution in [0, 0.1) is 0 Å². The van der Waals surface area contributed by atoms with E-state index >= 15 is 0 Å². The standard InChI is InChI=1S/C22H25N5O/c28-22(26-14-6-9-18(16-26)25-12-4-5-13-25)19-15-24-27-20(10-11-23-21(19)27)17-7-2-1-3-8-17/h1-3,7-8,10-11,15,18H,4-6,9,12-14,16H2. The lowest BCUT2D eigenvalue weighted by molar-refractivity contribution is 0.0609. The number of fused-ring (bicyclic) bond motifs is 1. The van der Waals surface area contributed by atoms with Crippen LogP contribution in [0.1, 0.15) is 36.0 Å². The van der Waals surface area contributed by atoms with Gasteiger partial charge < -0.3 is 4.90 Å². The fourth-order valence-electron chi connectivity index (χ4n) is 4.58. The predicted octanol–water partition coefficient (Wildman–Crippen LogP) is 3.10. The number of benzene rings is 1. The topological polar surface area (TPSA) is 53.7 Å². The number of hydrogen-bond acceptors (Lipinski definition) is 4. The van der Waals surface area contributed by atoms with E-state index in [1.54, 1.807) is 16.9 Å². The molecule has 28 heavy (non-hydrogen) atoms. The van der Waals surface area contributed by atoms with Gasteiger partial charge in [0.15, 0.2) is 5.65 Å². The minimum atomic E-state index is 0.0524. The number of aromatic nitrogens is 3. The summed E-state index contributed by atoms with van der Waals surface area (Å²) in [5, 5.41) is 4.50. The third-order valence-corrected chi connectivity index (χ3v) is 6.04. The van der Waals surface area contributed by atoms with Gasteiger partial charge in [-0.1, -0.05) is 30.3 Å². The lowest BCUT2D eigenvalue weighted by Gasteiger charge is -2.37. The Morgan fingerprint density at radius 1 is 1.00 bits per heavy atom. The molecule has 0 bridgehead atoms. The van der Waals surface area contributed by atoms with E-state index < -0.39 is 0 Å². The SMILES string of the molecule is O=C(c1cnn2c(-c3ccccc3)ccnc12)N1CCCC(N2CCCC2)C1. The van der Waals surface area contributed by atoms with Crippen molar-refractivity contribution in [2.75, 3.05) is 26.2 Å². The van der Waals surface area contributed by atoms with Gasteiger partial charge in [0, 0.05) is 30.9 Å².